The summed E-state index contributed by atoms with van der Waals surface area (Å²) >= 11 is 0. The van der Waals surface area contributed by atoms with E-state index in [2.05, 4.69) is 44.0 Å². The minimum absolute atomic E-state index is 0.529. The number of hydrogen-bond donors (Lipinski definition) is 2. The van der Waals surface area contributed by atoms with Gasteiger partial charge in [-0.2, -0.15) is 0 Å². The largest absolute Gasteiger partial charge is 0.367 e. The number of likely N-dealkylation sites (N-methyl/N-ethyl adjacent to an activating group) is 1. The molecule has 2 N–H and O–H groups in total. The molecule has 2 aromatic rings. The maximum Gasteiger partial charge on any atom is 0.143 e. The van der Waals surface area contributed by atoms with Crippen LogP contribution < -0.4 is 5.32 Å². The molecular formula is C18H28N6. The van der Waals surface area contributed by atoms with Crippen LogP contribution in [0, 0.1) is 6.92 Å². The van der Waals surface area contributed by atoms with Gasteiger partial charge in [0.25, 0.3) is 0 Å². The Morgan fingerprint density at radius 2 is 1.83 bits per heavy atom. The third-order valence-corrected chi connectivity index (χ3v) is 5.76. The van der Waals surface area contributed by atoms with Gasteiger partial charge in [-0.3, -0.25) is 4.90 Å². The first kappa shape index (κ1) is 15.8. The van der Waals surface area contributed by atoms with Gasteiger partial charge in [-0.05, 0) is 45.2 Å². The Hall–Kier alpha value is -1.66. The van der Waals surface area contributed by atoms with Crippen LogP contribution in [0.1, 0.15) is 31.2 Å². The molecule has 4 rings (SSSR count). The van der Waals surface area contributed by atoms with Gasteiger partial charge in [0.2, 0.25) is 0 Å². The summed E-state index contributed by atoms with van der Waals surface area (Å²) in [6.07, 6.45) is 8.70. The second kappa shape index (κ2) is 6.69. The summed E-state index contributed by atoms with van der Waals surface area (Å²) in [5.74, 6) is 0.988. The average Bonchev–Trinajstić information content (AvgIpc) is 2.99. The zero-order valence-electron chi connectivity index (χ0n) is 14.8. The molecule has 0 atom stereocenters. The molecule has 1 aliphatic heterocycles. The van der Waals surface area contributed by atoms with E-state index in [0.29, 0.717) is 6.04 Å². The lowest BCUT2D eigenvalue weighted by Crippen LogP contribution is -2.50. The maximum absolute atomic E-state index is 4.49. The quantitative estimate of drug-likeness (QED) is 0.905. The van der Waals surface area contributed by atoms with Gasteiger partial charge in [0.15, 0.2) is 0 Å². The fourth-order valence-electron chi connectivity index (χ4n) is 4.19. The predicted molar refractivity (Wildman–Crippen MR) is 97.4 cm³/mol. The monoisotopic (exact) mass is 328 g/mol. The van der Waals surface area contributed by atoms with Gasteiger partial charge < -0.3 is 15.2 Å². The topological polar surface area (TPSA) is 60.1 Å². The SMILES string of the molecule is Cc1c[nH]c2ncnc(N[C@H]3CC[C@H](N4CCN(C)CC4)CC3)c12. The number of H-pyrrole nitrogens is 1. The van der Waals surface area contributed by atoms with Crippen LogP contribution >= 0.6 is 0 Å². The highest BCUT2D eigenvalue weighted by Gasteiger charge is 2.28. The highest BCUT2D eigenvalue weighted by Crippen LogP contribution is 2.28. The smallest absolute Gasteiger partial charge is 0.143 e. The number of aromatic nitrogens is 3. The first-order chi connectivity index (χ1) is 11.7. The molecule has 2 aromatic heterocycles. The molecule has 2 aliphatic rings. The molecule has 2 fully saturated rings. The number of aryl methyl sites for hydroxylation is 1. The summed E-state index contributed by atoms with van der Waals surface area (Å²) in [6, 6.07) is 1.30. The van der Waals surface area contributed by atoms with Crippen molar-refractivity contribution in [1.82, 2.24) is 24.8 Å². The summed E-state index contributed by atoms with van der Waals surface area (Å²) < 4.78 is 0. The fraction of sp³-hybridized carbons (Fsp3) is 0.667. The van der Waals surface area contributed by atoms with E-state index in [-0.39, 0.29) is 0 Å². The number of anilines is 1. The molecule has 1 saturated carbocycles. The van der Waals surface area contributed by atoms with Crippen molar-refractivity contribution in [3.05, 3.63) is 18.1 Å². The van der Waals surface area contributed by atoms with Crippen molar-refractivity contribution in [2.24, 2.45) is 0 Å². The Kier molecular flexibility index (Phi) is 4.41. The highest BCUT2D eigenvalue weighted by molar-refractivity contribution is 5.90. The van der Waals surface area contributed by atoms with Crippen molar-refractivity contribution in [2.45, 2.75) is 44.7 Å². The molecule has 1 aliphatic carbocycles. The number of hydrogen-bond acceptors (Lipinski definition) is 5. The van der Waals surface area contributed by atoms with E-state index < -0.39 is 0 Å². The molecule has 0 aromatic carbocycles. The van der Waals surface area contributed by atoms with Crippen LogP contribution in [0.2, 0.25) is 0 Å². The van der Waals surface area contributed by atoms with Crippen LogP contribution in [-0.2, 0) is 0 Å². The number of nitrogens with zero attached hydrogens (tertiary/aromatic N) is 4. The Morgan fingerprint density at radius 1 is 1.08 bits per heavy atom. The van der Waals surface area contributed by atoms with E-state index in [0.717, 1.165) is 22.9 Å². The van der Waals surface area contributed by atoms with Gasteiger partial charge >= 0.3 is 0 Å². The number of piperazine rings is 1. The zero-order valence-corrected chi connectivity index (χ0v) is 14.8. The normalized spacial score (nSPS) is 26.8. The average molecular weight is 328 g/mol. The van der Waals surface area contributed by atoms with E-state index in [1.807, 2.05) is 6.20 Å². The first-order valence-electron chi connectivity index (χ1n) is 9.18. The molecule has 6 heteroatoms. The molecular weight excluding hydrogens is 300 g/mol. The number of nitrogens with one attached hydrogen (secondary N) is 2. The molecule has 3 heterocycles. The molecule has 0 radical (unpaired) electrons. The van der Waals surface area contributed by atoms with Crippen LogP contribution in [0.5, 0.6) is 0 Å². The van der Waals surface area contributed by atoms with Crippen molar-refractivity contribution in [2.75, 3.05) is 38.5 Å². The van der Waals surface area contributed by atoms with Crippen LogP contribution in [0.3, 0.4) is 0 Å². The summed E-state index contributed by atoms with van der Waals surface area (Å²) in [5.41, 5.74) is 2.13. The first-order valence-corrected chi connectivity index (χ1v) is 9.18. The van der Waals surface area contributed by atoms with E-state index in [9.17, 15) is 0 Å². The number of aromatic amines is 1. The Bertz CT molecular complexity index is 680. The van der Waals surface area contributed by atoms with Gasteiger partial charge in [0.05, 0.1) is 5.39 Å². The third kappa shape index (κ3) is 3.13. The van der Waals surface area contributed by atoms with Crippen LogP contribution in [0.15, 0.2) is 12.5 Å². The molecule has 0 unspecified atom stereocenters. The van der Waals surface area contributed by atoms with Crippen LogP contribution in [-0.4, -0.2) is 70.1 Å². The Balaban J connectivity index is 1.37. The fourth-order valence-corrected chi connectivity index (χ4v) is 4.19. The summed E-state index contributed by atoms with van der Waals surface area (Å²) in [5, 5.41) is 4.82. The lowest BCUT2D eigenvalue weighted by molar-refractivity contribution is 0.0894. The Labute approximate surface area is 143 Å². The van der Waals surface area contributed by atoms with Gasteiger partial charge in [-0.25, -0.2) is 9.97 Å². The van der Waals surface area contributed by atoms with Gasteiger partial charge in [-0.15, -0.1) is 0 Å². The molecule has 0 amide bonds. The second-order valence-corrected chi connectivity index (χ2v) is 7.41. The van der Waals surface area contributed by atoms with Crippen LogP contribution in [0.25, 0.3) is 11.0 Å². The van der Waals surface area contributed by atoms with Crippen molar-refractivity contribution in [3.63, 3.8) is 0 Å². The number of fused-ring (bicyclic) bond motifs is 1. The van der Waals surface area contributed by atoms with Gasteiger partial charge in [-0.1, -0.05) is 0 Å². The molecule has 1 saturated heterocycles. The highest BCUT2D eigenvalue weighted by atomic mass is 15.3. The molecule has 0 bridgehead atoms. The van der Waals surface area contributed by atoms with E-state index >= 15 is 0 Å². The minimum Gasteiger partial charge on any atom is -0.367 e. The van der Waals surface area contributed by atoms with Crippen LogP contribution in [0.4, 0.5) is 5.82 Å². The lowest BCUT2D eigenvalue weighted by Gasteiger charge is -2.41. The van der Waals surface area contributed by atoms with E-state index in [1.54, 1.807) is 6.33 Å². The van der Waals surface area contributed by atoms with Crippen molar-refractivity contribution in [3.8, 4) is 0 Å². The lowest BCUT2D eigenvalue weighted by atomic mass is 9.89. The summed E-state index contributed by atoms with van der Waals surface area (Å²) in [4.78, 5) is 17.2. The second-order valence-electron chi connectivity index (χ2n) is 7.41. The van der Waals surface area contributed by atoms with Crippen molar-refractivity contribution < 1.29 is 0 Å². The number of rotatable bonds is 3. The van der Waals surface area contributed by atoms with Gasteiger partial charge in [0, 0.05) is 44.5 Å². The molecule has 24 heavy (non-hydrogen) atoms. The summed E-state index contributed by atoms with van der Waals surface area (Å²) in [7, 11) is 2.23. The van der Waals surface area contributed by atoms with E-state index in [1.165, 1.54) is 57.4 Å². The zero-order chi connectivity index (χ0) is 16.5. The summed E-state index contributed by atoms with van der Waals surface area (Å²) in [6.45, 7) is 6.99. The minimum atomic E-state index is 0.529. The maximum atomic E-state index is 4.49. The Morgan fingerprint density at radius 3 is 2.58 bits per heavy atom. The molecule has 6 nitrogen and oxygen atoms in total. The van der Waals surface area contributed by atoms with Crippen molar-refractivity contribution in [1.29, 1.82) is 0 Å². The molecule has 130 valence electrons. The predicted octanol–water partition coefficient (Wildman–Crippen LogP) is 2.24. The molecule has 0 spiro atoms. The van der Waals surface area contributed by atoms with Crippen molar-refractivity contribution >= 4 is 16.9 Å². The third-order valence-electron chi connectivity index (χ3n) is 5.76. The van der Waals surface area contributed by atoms with Gasteiger partial charge in [0.1, 0.15) is 17.8 Å². The van der Waals surface area contributed by atoms with E-state index in [4.69, 9.17) is 0 Å². The standard InChI is InChI=1S/C18H28N6/c1-13-11-19-17-16(13)18(21-12-20-17)22-14-3-5-15(6-4-14)24-9-7-23(2)8-10-24/h11-12,14-15H,3-10H2,1-2H3,(H2,19,20,21,22)/t14-,15-.